The van der Waals surface area contributed by atoms with Crippen molar-refractivity contribution in [3.8, 4) is 28.6 Å². The standard InChI is InChI=1S/C27H33N3OSi/c1-19(2)26(31-32(6,7)27(3,4)5)23-18-30-25(16-22(23)17-28)21-13-14-29-24(15-21)20-11-9-8-10-12-20/h8-16,18-19,26H,1-7H3. The van der Waals surface area contributed by atoms with Crippen molar-refractivity contribution in [1.29, 1.82) is 5.26 Å². The smallest absolute Gasteiger partial charge is 0.192 e. The molecule has 0 radical (unpaired) electrons. The first-order valence-electron chi connectivity index (χ1n) is 11.1. The second kappa shape index (κ2) is 9.36. The minimum Gasteiger partial charge on any atom is -0.410 e. The maximum absolute atomic E-state index is 9.98. The van der Waals surface area contributed by atoms with Gasteiger partial charge in [0.25, 0.3) is 0 Å². The molecule has 0 N–H and O–H groups in total. The van der Waals surface area contributed by atoms with Crippen LogP contribution in [0.3, 0.4) is 0 Å². The molecule has 0 fully saturated rings. The molecule has 0 aliphatic heterocycles. The monoisotopic (exact) mass is 443 g/mol. The highest BCUT2D eigenvalue weighted by atomic mass is 28.4. The van der Waals surface area contributed by atoms with Crippen LogP contribution in [0.1, 0.15) is 51.8 Å². The molecule has 0 bridgehead atoms. The van der Waals surface area contributed by atoms with Gasteiger partial charge in [-0.15, -0.1) is 0 Å². The number of nitriles is 1. The fourth-order valence-corrected chi connectivity index (χ4v) is 4.74. The van der Waals surface area contributed by atoms with Crippen molar-refractivity contribution in [1.82, 2.24) is 9.97 Å². The van der Waals surface area contributed by atoms with E-state index in [-0.39, 0.29) is 17.1 Å². The van der Waals surface area contributed by atoms with Gasteiger partial charge in [-0.25, -0.2) is 0 Å². The van der Waals surface area contributed by atoms with Crippen molar-refractivity contribution >= 4 is 8.32 Å². The zero-order valence-corrected chi connectivity index (χ0v) is 21.2. The van der Waals surface area contributed by atoms with Gasteiger partial charge in [-0.1, -0.05) is 65.0 Å². The van der Waals surface area contributed by atoms with Crippen LogP contribution >= 0.6 is 0 Å². The van der Waals surface area contributed by atoms with Crippen LogP contribution in [0.4, 0.5) is 0 Å². The molecule has 0 spiro atoms. The van der Waals surface area contributed by atoms with Gasteiger partial charge < -0.3 is 4.43 Å². The van der Waals surface area contributed by atoms with Crippen LogP contribution in [0.25, 0.3) is 22.5 Å². The molecule has 0 saturated carbocycles. The number of hydrogen-bond donors (Lipinski definition) is 0. The van der Waals surface area contributed by atoms with Gasteiger partial charge in [-0.05, 0) is 42.2 Å². The summed E-state index contributed by atoms with van der Waals surface area (Å²) in [5, 5.41) is 10.1. The highest BCUT2D eigenvalue weighted by molar-refractivity contribution is 6.74. The number of benzene rings is 1. The summed E-state index contributed by atoms with van der Waals surface area (Å²) in [6.07, 6.45) is 3.45. The Morgan fingerprint density at radius 3 is 2.19 bits per heavy atom. The molecule has 0 aliphatic rings. The van der Waals surface area contributed by atoms with Crippen molar-refractivity contribution in [3.05, 3.63) is 72.1 Å². The first-order valence-corrected chi connectivity index (χ1v) is 14.0. The van der Waals surface area contributed by atoms with E-state index in [0.717, 1.165) is 28.1 Å². The van der Waals surface area contributed by atoms with E-state index in [4.69, 9.17) is 9.41 Å². The Morgan fingerprint density at radius 2 is 1.59 bits per heavy atom. The first kappa shape index (κ1) is 23.8. The van der Waals surface area contributed by atoms with E-state index in [1.807, 2.05) is 54.7 Å². The third-order valence-electron chi connectivity index (χ3n) is 6.32. The van der Waals surface area contributed by atoms with E-state index in [9.17, 15) is 5.26 Å². The summed E-state index contributed by atoms with van der Waals surface area (Å²) in [5.74, 6) is 0.231. The quantitative estimate of drug-likeness (QED) is 0.372. The van der Waals surface area contributed by atoms with Gasteiger partial charge in [0.15, 0.2) is 8.32 Å². The Hall–Kier alpha value is -2.81. The Balaban J connectivity index is 2.00. The average Bonchev–Trinajstić information content (AvgIpc) is 2.77. The van der Waals surface area contributed by atoms with Gasteiger partial charge in [-0.3, -0.25) is 9.97 Å². The predicted octanol–water partition coefficient (Wildman–Crippen LogP) is 7.40. The van der Waals surface area contributed by atoms with Crippen LogP contribution in [0.2, 0.25) is 18.1 Å². The van der Waals surface area contributed by atoms with Gasteiger partial charge in [-0.2, -0.15) is 5.26 Å². The fraction of sp³-hybridized carbons (Fsp3) is 0.370. The van der Waals surface area contributed by atoms with E-state index in [1.54, 1.807) is 6.20 Å². The Morgan fingerprint density at radius 1 is 0.938 bits per heavy atom. The lowest BCUT2D eigenvalue weighted by Gasteiger charge is -2.40. The van der Waals surface area contributed by atoms with E-state index >= 15 is 0 Å². The molecule has 2 aromatic heterocycles. The molecule has 5 heteroatoms. The van der Waals surface area contributed by atoms with Crippen LogP contribution < -0.4 is 0 Å². The minimum atomic E-state index is -2.02. The molecular formula is C27H33N3OSi. The third kappa shape index (κ3) is 5.15. The molecule has 4 nitrogen and oxygen atoms in total. The van der Waals surface area contributed by atoms with Crippen LogP contribution in [0.5, 0.6) is 0 Å². The van der Waals surface area contributed by atoms with E-state index in [1.165, 1.54) is 0 Å². The second-order valence-electron chi connectivity index (χ2n) is 10.1. The zero-order chi connectivity index (χ0) is 23.5. The Kier molecular flexibility index (Phi) is 6.97. The molecule has 1 aromatic carbocycles. The summed E-state index contributed by atoms with van der Waals surface area (Å²) < 4.78 is 6.75. The largest absolute Gasteiger partial charge is 0.410 e. The van der Waals surface area contributed by atoms with Crippen molar-refractivity contribution in [2.24, 2.45) is 5.92 Å². The first-order chi connectivity index (χ1) is 15.0. The summed E-state index contributed by atoms with van der Waals surface area (Å²) in [5.41, 5.74) is 5.12. The molecule has 3 rings (SSSR count). The molecule has 0 aliphatic carbocycles. The molecule has 3 aromatic rings. The topological polar surface area (TPSA) is 58.8 Å². The van der Waals surface area contributed by atoms with Crippen molar-refractivity contribution in [2.45, 2.75) is 58.9 Å². The Labute approximate surface area is 193 Å². The summed E-state index contributed by atoms with van der Waals surface area (Å²) in [6.45, 7) is 15.5. The molecule has 0 saturated heterocycles. The summed E-state index contributed by atoms with van der Waals surface area (Å²) >= 11 is 0. The van der Waals surface area contributed by atoms with Gasteiger partial charge >= 0.3 is 0 Å². The van der Waals surface area contributed by atoms with Crippen molar-refractivity contribution < 1.29 is 4.43 Å². The zero-order valence-electron chi connectivity index (χ0n) is 20.2. The van der Waals surface area contributed by atoms with Gasteiger partial charge in [0, 0.05) is 29.1 Å². The van der Waals surface area contributed by atoms with Gasteiger partial charge in [0.2, 0.25) is 0 Å². The van der Waals surface area contributed by atoms with Gasteiger partial charge in [0.1, 0.15) is 0 Å². The van der Waals surface area contributed by atoms with Gasteiger partial charge in [0.05, 0.1) is 29.1 Å². The highest BCUT2D eigenvalue weighted by Crippen LogP contribution is 2.42. The SMILES string of the molecule is CC(C)C(O[Si](C)(C)C(C)(C)C)c1cnc(-c2ccnc(-c3ccccc3)c2)cc1C#N. The minimum absolute atomic E-state index is 0.0885. The number of hydrogen-bond acceptors (Lipinski definition) is 4. The maximum atomic E-state index is 9.98. The van der Waals surface area contributed by atoms with Crippen LogP contribution in [0, 0.1) is 17.2 Å². The van der Waals surface area contributed by atoms with E-state index in [2.05, 4.69) is 58.8 Å². The predicted molar refractivity (Wildman–Crippen MR) is 133 cm³/mol. The summed E-state index contributed by atoms with van der Waals surface area (Å²) in [4.78, 5) is 9.25. The van der Waals surface area contributed by atoms with E-state index < -0.39 is 8.32 Å². The number of pyridine rings is 2. The second-order valence-corrected chi connectivity index (χ2v) is 14.9. The van der Waals surface area contributed by atoms with Crippen molar-refractivity contribution in [2.75, 3.05) is 0 Å². The normalized spacial score (nSPS) is 13.1. The fourth-order valence-electron chi connectivity index (χ4n) is 3.36. The molecule has 32 heavy (non-hydrogen) atoms. The average molecular weight is 444 g/mol. The highest BCUT2D eigenvalue weighted by Gasteiger charge is 2.40. The van der Waals surface area contributed by atoms with Crippen LogP contribution in [-0.4, -0.2) is 18.3 Å². The lowest BCUT2D eigenvalue weighted by molar-refractivity contribution is 0.134. The molecule has 0 amide bonds. The molecule has 166 valence electrons. The summed E-state index contributed by atoms with van der Waals surface area (Å²) in [7, 11) is -2.02. The number of aromatic nitrogens is 2. The lowest BCUT2D eigenvalue weighted by atomic mass is 9.95. The van der Waals surface area contributed by atoms with Crippen LogP contribution in [0.15, 0.2) is 60.9 Å². The molecule has 1 unspecified atom stereocenters. The lowest BCUT2D eigenvalue weighted by Crippen LogP contribution is -2.42. The molecule has 2 heterocycles. The molecule has 1 atom stereocenters. The molecular weight excluding hydrogens is 410 g/mol. The third-order valence-corrected chi connectivity index (χ3v) is 10.8. The Bertz CT molecular complexity index is 1110. The van der Waals surface area contributed by atoms with E-state index in [0.29, 0.717) is 5.56 Å². The number of nitrogens with zero attached hydrogens (tertiary/aromatic N) is 3. The number of rotatable bonds is 6. The summed E-state index contributed by atoms with van der Waals surface area (Å²) in [6, 6.07) is 18.3. The van der Waals surface area contributed by atoms with Crippen LogP contribution in [-0.2, 0) is 4.43 Å². The maximum Gasteiger partial charge on any atom is 0.192 e. The van der Waals surface area contributed by atoms with Crippen molar-refractivity contribution in [3.63, 3.8) is 0 Å².